The van der Waals surface area contributed by atoms with E-state index < -0.39 is 0 Å². The first-order valence-electron chi connectivity index (χ1n) is 6.32. The van der Waals surface area contributed by atoms with E-state index >= 15 is 0 Å². The largest absolute Gasteiger partial charge is 0.465 e. The van der Waals surface area contributed by atoms with Crippen molar-refractivity contribution in [3.05, 3.63) is 35.4 Å². The predicted molar refractivity (Wildman–Crippen MR) is 75.5 cm³/mol. The number of carbonyl (C=O) groups is 1. The zero-order chi connectivity index (χ0) is 15.1. The van der Waals surface area contributed by atoms with E-state index in [9.17, 15) is 4.79 Å². The van der Waals surface area contributed by atoms with Gasteiger partial charge in [-0.1, -0.05) is 46.2 Å². The van der Waals surface area contributed by atoms with Crippen LogP contribution in [0, 0.1) is 5.92 Å². The molecular weight excluding hydrogens is 244 g/mol. The Morgan fingerprint density at radius 2 is 1.74 bits per heavy atom. The fourth-order valence-corrected chi connectivity index (χ4v) is 1.95. The van der Waals surface area contributed by atoms with Crippen molar-refractivity contribution in [1.82, 2.24) is 0 Å². The summed E-state index contributed by atoms with van der Waals surface area (Å²) in [5.41, 5.74) is 2.00. The Balaban J connectivity index is 0.00000154. The van der Waals surface area contributed by atoms with Gasteiger partial charge in [-0.15, -0.1) is 0 Å². The van der Waals surface area contributed by atoms with E-state index in [1.165, 1.54) is 12.7 Å². The summed E-state index contributed by atoms with van der Waals surface area (Å²) in [6, 6.07) is 7.73. The lowest BCUT2D eigenvalue weighted by Crippen LogP contribution is -2.26. The molecule has 0 aliphatic rings. The SMILES string of the molecule is CCC(C)C(C)(C)c1ccc(C(=O)OC)cc1.OO. The molecule has 0 amide bonds. The van der Waals surface area contributed by atoms with Gasteiger partial charge in [0, 0.05) is 0 Å². The molecule has 0 bridgehead atoms. The van der Waals surface area contributed by atoms with Gasteiger partial charge < -0.3 is 4.74 Å². The Labute approximate surface area is 115 Å². The van der Waals surface area contributed by atoms with Crippen molar-refractivity contribution in [1.29, 1.82) is 0 Å². The van der Waals surface area contributed by atoms with Gasteiger partial charge in [0.25, 0.3) is 0 Å². The molecule has 1 atom stereocenters. The lowest BCUT2D eigenvalue weighted by Gasteiger charge is -2.32. The van der Waals surface area contributed by atoms with Crippen molar-refractivity contribution < 1.29 is 20.0 Å². The molecule has 4 heteroatoms. The first kappa shape index (κ1) is 17.6. The standard InChI is InChI=1S/C15H22O2.H2O2/c1-6-11(2)15(3,4)13-9-7-12(8-10-13)14(16)17-5;1-2/h7-11H,6H2,1-5H3;1-2H. The maximum absolute atomic E-state index is 11.3. The van der Waals surface area contributed by atoms with E-state index in [1.807, 2.05) is 24.3 Å². The number of methoxy groups -OCH3 is 1. The van der Waals surface area contributed by atoms with Crippen LogP contribution < -0.4 is 0 Å². The highest BCUT2D eigenvalue weighted by Gasteiger charge is 2.26. The number of hydrogen-bond donors (Lipinski definition) is 2. The van der Waals surface area contributed by atoms with Crippen LogP contribution in [0.3, 0.4) is 0 Å². The highest BCUT2D eigenvalue weighted by atomic mass is 17.0. The third-order valence-electron chi connectivity index (χ3n) is 3.89. The molecular formula is C15H24O4. The van der Waals surface area contributed by atoms with Gasteiger partial charge in [-0.3, -0.25) is 10.5 Å². The summed E-state index contributed by atoms with van der Waals surface area (Å²) >= 11 is 0. The average molecular weight is 268 g/mol. The van der Waals surface area contributed by atoms with Crippen molar-refractivity contribution in [2.45, 2.75) is 39.5 Å². The first-order chi connectivity index (χ1) is 8.93. The van der Waals surface area contributed by atoms with E-state index in [1.54, 1.807) is 0 Å². The monoisotopic (exact) mass is 268 g/mol. The molecule has 0 radical (unpaired) electrons. The topological polar surface area (TPSA) is 66.8 Å². The second-order valence-electron chi connectivity index (χ2n) is 5.10. The summed E-state index contributed by atoms with van der Waals surface area (Å²) in [5.74, 6) is 0.323. The van der Waals surface area contributed by atoms with Crippen LogP contribution in [0.4, 0.5) is 0 Å². The predicted octanol–water partition coefficient (Wildman–Crippen LogP) is 3.81. The molecule has 1 aromatic carbocycles. The molecule has 2 N–H and O–H groups in total. The minimum absolute atomic E-state index is 0.128. The Morgan fingerprint density at radius 3 is 2.11 bits per heavy atom. The molecule has 108 valence electrons. The summed E-state index contributed by atoms with van der Waals surface area (Å²) in [5, 5.41) is 12.0. The normalized spacial score (nSPS) is 12.2. The summed E-state index contributed by atoms with van der Waals surface area (Å²) in [6.07, 6.45) is 1.14. The van der Waals surface area contributed by atoms with Crippen LogP contribution >= 0.6 is 0 Å². The lowest BCUT2D eigenvalue weighted by atomic mass is 9.73. The lowest BCUT2D eigenvalue weighted by molar-refractivity contribution is -0.176. The molecule has 4 nitrogen and oxygen atoms in total. The molecule has 0 fully saturated rings. The molecule has 0 heterocycles. The van der Waals surface area contributed by atoms with Crippen LogP contribution in [-0.4, -0.2) is 23.6 Å². The van der Waals surface area contributed by atoms with Crippen LogP contribution in [-0.2, 0) is 10.2 Å². The minimum Gasteiger partial charge on any atom is -0.465 e. The van der Waals surface area contributed by atoms with Gasteiger partial charge in [-0.05, 0) is 29.0 Å². The number of carbonyl (C=O) groups excluding carboxylic acids is 1. The van der Waals surface area contributed by atoms with Gasteiger partial charge in [-0.2, -0.15) is 0 Å². The molecule has 0 aliphatic heterocycles. The van der Waals surface area contributed by atoms with Crippen molar-refractivity contribution in [3.63, 3.8) is 0 Å². The number of benzene rings is 1. The summed E-state index contributed by atoms with van der Waals surface area (Å²) < 4.78 is 4.69. The molecule has 0 spiro atoms. The summed E-state index contributed by atoms with van der Waals surface area (Å²) in [4.78, 5) is 11.3. The van der Waals surface area contributed by atoms with E-state index in [-0.39, 0.29) is 11.4 Å². The van der Waals surface area contributed by atoms with E-state index in [4.69, 9.17) is 15.3 Å². The third kappa shape index (κ3) is 4.33. The molecule has 19 heavy (non-hydrogen) atoms. The second kappa shape index (κ2) is 7.92. The van der Waals surface area contributed by atoms with E-state index in [2.05, 4.69) is 27.7 Å². The zero-order valence-corrected chi connectivity index (χ0v) is 12.3. The van der Waals surface area contributed by atoms with Gasteiger partial charge in [0.15, 0.2) is 0 Å². The highest BCUT2D eigenvalue weighted by Crippen LogP contribution is 2.33. The van der Waals surface area contributed by atoms with Crippen LogP contribution in [0.25, 0.3) is 0 Å². The van der Waals surface area contributed by atoms with Crippen molar-refractivity contribution in [3.8, 4) is 0 Å². The van der Waals surface area contributed by atoms with Crippen LogP contribution in [0.15, 0.2) is 24.3 Å². The molecule has 0 saturated carbocycles. The van der Waals surface area contributed by atoms with E-state index in [0.717, 1.165) is 6.42 Å². The van der Waals surface area contributed by atoms with E-state index in [0.29, 0.717) is 11.5 Å². The van der Waals surface area contributed by atoms with Crippen molar-refractivity contribution in [2.75, 3.05) is 7.11 Å². The summed E-state index contributed by atoms with van der Waals surface area (Å²) in [7, 11) is 1.40. The molecule has 0 aromatic heterocycles. The Kier molecular flexibility index (Phi) is 7.34. The molecule has 0 aliphatic carbocycles. The fraction of sp³-hybridized carbons (Fsp3) is 0.533. The maximum atomic E-state index is 11.3. The smallest absolute Gasteiger partial charge is 0.337 e. The van der Waals surface area contributed by atoms with Gasteiger partial charge in [0.2, 0.25) is 0 Å². The van der Waals surface area contributed by atoms with Crippen molar-refractivity contribution in [2.24, 2.45) is 5.92 Å². The van der Waals surface area contributed by atoms with Crippen LogP contribution in [0.1, 0.15) is 50.0 Å². The highest BCUT2D eigenvalue weighted by molar-refractivity contribution is 5.89. The average Bonchev–Trinajstić information content (AvgIpc) is 2.47. The quantitative estimate of drug-likeness (QED) is 0.495. The Morgan fingerprint density at radius 1 is 1.26 bits per heavy atom. The molecule has 0 saturated heterocycles. The van der Waals surface area contributed by atoms with Gasteiger partial charge in [0.05, 0.1) is 12.7 Å². The minimum atomic E-state index is -0.280. The second-order valence-corrected chi connectivity index (χ2v) is 5.10. The number of rotatable bonds is 4. The molecule has 1 unspecified atom stereocenters. The maximum Gasteiger partial charge on any atom is 0.337 e. The van der Waals surface area contributed by atoms with Crippen LogP contribution in [0.2, 0.25) is 0 Å². The summed E-state index contributed by atoms with van der Waals surface area (Å²) in [6.45, 7) is 8.95. The van der Waals surface area contributed by atoms with Crippen molar-refractivity contribution >= 4 is 5.97 Å². The number of hydrogen-bond acceptors (Lipinski definition) is 4. The zero-order valence-electron chi connectivity index (χ0n) is 12.3. The van der Waals surface area contributed by atoms with Gasteiger partial charge in [-0.25, -0.2) is 4.79 Å². The Hall–Kier alpha value is -1.39. The van der Waals surface area contributed by atoms with Gasteiger partial charge in [0.1, 0.15) is 0 Å². The molecule has 1 rings (SSSR count). The Bertz CT molecular complexity index is 382. The first-order valence-corrected chi connectivity index (χ1v) is 6.32. The number of esters is 1. The molecule has 1 aromatic rings. The van der Waals surface area contributed by atoms with Gasteiger partial charge >= 0.3 is 5.97 Å². The fourth-order valence-electron chi connectivity index (χ4n) is 1.95. The van der Waals surface area contributed by atoms with Crippen LogP contribution in [0.5, 0.6) is 0 Å². The third-order valence-corrected chi connectivity index (χ3v) is 3.89. The number of ether oxygens (including phenoxy) is 1.